The summed E-state index contributed by atoms with van der Waals surface area (Å²) in [6, 6.07) is 13.8. The molecule has 0 atom stereocenters. The van der Waals surface area contributed by atoms with Crippen molar-refractivity contribution in [1.29, 1.82) is 0 Å². The van der Waals surface area contributed by atoms with Crippen LogP contribution in [0.1, 0.15) is 24.3 Å². The van der Waals surface area contributed by atoms with E-state index < -0.39 is 5.82 Å². The lowest BCUT2D eigenvalue weighted by Gasteiger charge is -2.32. The monoisotopic (exact) mass is 313 g/mol. The number of nitrogen functional groups attached to an aromatic ring is 1. The van der Waals surface area contributed by atoms with Gasteiger partial charge in [-0.25, -0.2) is 9.18 Å². The molecule has 2 aromatic carbocycles. The van der Waals surface area contributed by atoms with Crippen LogP contribution in [0.2, 0.25) is 0 Å². The fraction of sp³-hybridized carbons (Fsp3) is 0.278. The molecule has 3 N–H and O–H groups in total. The van der Waals surface area contributed by atoms with Crippen LogP contribution in [0.5, 0.6) is 0 Å². The van der Waals surface area contributed by atoms with E-state index in [2.05, 4.69) is 11.4 Å². The molecule has 1 fully saturated rings. The lowest BCUT2D eigenvalue weighted by Crippen LogP contribution is -2.40. The molecule has 0 aromatic heterocycles. The highest BCUT2D eigenvalue weighted by molar-refractivity contribution is 5.89. The van der Waals surface area contributed by atoms with Crippen molar-refractivity contribution in [1.82, 2.24) is 4.90 Å². The summed E-state index contributed by atoms with van der Waals surface area (Å²) >= 11 is 0. The third kappa shape index (κ3) is 3.44. The fourth-order valence-electron chi connectivity index (χ4n) is 3.03. The van der Waals surface area contributed by atoms with Crippen LogP contribution in [-0.2, 0) is 0 Å². The Bertz CT molecular complexity index is 696. The number of benzene rings is 2. The average molecular weight is 313 g/mol. The predicted molar refractivity (Wildman–Crippen MR) is 89.8 cm³/mol. The molecule has 2 aromatic rings. The number of nitrogens with zero attached hydrogens (tertiary/aromatic N) is 1. The first kappa shape index (κ1) is 15.3. The third-order valence-electron chi connectivity index (χ3n) is 4.33. The molecular formula is C18H20FN3O. The first-order valence-electron chi connectivity index (χ1n) is 7.80. The van der Waals surface area contributed by atoms with Gasteiger partial charge in [0.25, 0.3) is 0 Å². The van der Waals surface area contributed by atoms with Crippen LogP contribution >= 0.6 is 0 Å². The van der Waals surface area contributed by atoms with E-state index in [1.54, 1.807) is 23.1 Å². The van der Waals surface area contributed by atoms with Gasteiger partial charge in [-0.1, -0.05) is 30.3 Å². The van der Waals surface area contributed by atoms with E-state index >= 15 is 0 Å². The van der Waals surface area contributed by atoms with E-state index in [1.165, 1.54) is 6.07 Å². The minimum atomic E-state index is -0.423. The number of carbonyl (C=O) groups is 1. The average Bonchev–Trinajstić information content (AvgIpc) is 2.57. The summed E-state index contributed by atoms with van der Waals surface area (Å²) in [5.41, 5.74) is 8.21. The van der Waals surface area contributed by atoms with E-state index in [4.69, 9.17) is 5.73 Å². The molecule has 23 heavy (non-hydrogen) atoms. The molecule has 3 rings (SSSR count). The highest BCUT2D eigenvalue weighted by Gasteiger charge is 2.25. The minimum absolute atomic E-state index is 0.215. The summed E-state index contributed by atoms with van der Waals surface area (Å²) < 4.78 is 13.6. The number of para-hydroxylation sites is 2. The second-order valence-electron chi connectivity index (χ2n) is 5.80. The molecule has 4 nitrogen and oxygen atoms in total. The quantitative estimate of drug-likeness (QED) is 0.828. The number of likely N-dealkylation sites (tertiary alicyclic amines) is 1. The summed E-state index contributed by atoms with van der Waals surface area (Å²) in [5, 5.41) is 2.63. The molecular weight excluding hydrogens is 293 g/mol. The number of hydrogen-bond acceptors (Lipinski definition) is 2. The standard InChI is InChI=1S/C18H20FN3O/c19-15-6-2-4-8-17(15)21-18(23)22-11-9-13(10-12-22)14-5-1-3-7-16(14)20/h1-8,13H,9-12,20H2,(H,21,23). The molecule has 2 amide bonds. The Hall–Kier alpha value is -2.56. The van der Waals surface area contributed by atoms with Gasteiger partial charge in [0.2, 0.25) is 0 Å². The zero-order valence-electron chi connectivity index (χ0n) is 12.8. The lowest BCUT2D eigenvalue weighted by atomic mass is 9.88. The molecule has 1 saturated heterocycles. The molecule has 1 aliphatic rings. The summed E-state index contributed by atoms with van der Waals surface area (Å²) in [5.74, 6) is -0.0542. The largest absolute Gasteiger partial charge is 0.398 e. The fourth-order valence-corrected chi connectivity index (χ4v) is 3.03. The van der Waals surface area contributed by atoms with Crippen LogP contribution in [0.25, 0.3) is 0 Å². The van der Waals surface area contributed by atoms with Gasteiger partial charge in [0.05, 0.1) is 5.69 Å². The number of halogens is 1. The van der Waals surface area contributed by atoms with Crippen LogP contribution in [0.3, 0.4) is 0 Å². The van der Waals surface area contributed by atoms with E-state index in [1.807, 2.05) is 18.2 Å². The van der Waals surface area contributed by atoms with Crippen molar-refractivity contribution in [2.45, 2.75) is 18.8 Å². The summed E-state index contributed by atoms with van der Waals surface area (Å²) in [7, 11) is 0. The van der Waals surface area contributed by atoms with Gasteiger partial charge >= 0.3 is 6.03 Å². The van der Waals surface area contributed by atoms with Crippen molar-refractivity contribution in [3.05, 3.63) is 59.9 Å². The van der Waals surface area contributed by atoms with Crippen molar-refractivity contribution in [3.8, 4) is 0 Å². The van der Waals surface area contributed by atoms with Gasteiger partial charge < -0.3 is 16.0 Å². The number of anilines is 2. The maximum atomic E-state index is 13.6. The van der Waals surface area contributed by atoms with Crippen LogP contribution in [0, 0.1) is 5.82 Å². The Kier molecular flexibility index (Phi) is 4.46. The zero-order chi connectivity index (χ0) is 16.2. The summed E-state index contributed by atoms with van der Waals surface area (Å²) in [6.07, 6.45) is 1.72. The van der Waals surface area contributed by atoms with E-state index in [-0.39, 0.29) is 11.7 Å². The number of amides is 2. The van der Waals surface area contributed by atoms with Crippen molar-refractivity contribution in [2.24, 2.45) is 0 Å². The maximum absolute atomic E-state index is 13.6. The molecule has 120 valence electrons. The molecule has 1 heterocycles. The van der Waals surface area contributed by atoms with Crippen LogP contribution in [-0.4, -0.2) is 24.0 Å². The molecule has 0 aliphatic carbocycles. The molecule has 0 radical (unpaired) electrons. The first-order chi connectivity index (χ1) is 11.1. The maximum Gasteiger partial charge on any atom is 0.321 e. The van der Waals surface area contributed by atoms with Crippen molar-refractivity contribution >= 4 is 17.4 Å². The smallest absolute Gasteiger partial charge is 0.321 e. The molecule has 5 heteroatoms. The van der Waals surface area contributed by atoms with Crippen molar-refractivity contribution < 1.29 is 9.18 Å². The van der Waals surface area contributed by atoms with E-state index in [9.17, 15) is 9.18 Å². The Morgan fingerprint density at radius 2 is 1.74 bits per heavy atom. The SMILES string of the molecule is Nc1ccccc1C1CCN(C(=O)Nc2ccccc2F)CC1. The van der Waals surface area contributed by atoms with Gasteiger partial charge in [0, 0.05) is 18.8 Å². The number of piperidine rings is 1. The Labute approximate surface area is 135 Å². The van der Waals surface area contributed by atoms with E-state index in [0.29, 0.717) is 19.0 Å². The normalized spacial score (nSPS) is 15.4. The molecule has 0 saturated carbocycles. The Morgan fingerprint density at radius 1 is 1.09 bits per heavy atom. The highest BCUT2D eigenvalue weighted by atomic mass is 19.1. The summed E-state index contributed by atoms with van der Waals surface area (Å²) in [4.78, 5) is 14.0. The highest BCUT2D eigenvalue weighted by Crippen LogP contribution is 2.31. The predicted octanol–water partition coefficient (Wildman–Crippen LogP) is 3.82. The number of rotatable bonds is 2. The number of hydrogen-bond donors (Lipinski definition) is 2. The van der Waals surface area contributed by atoms with Gasteiger partial charge in [0.15, 0.2) is 0 Å². The molecule has 0 unspecified atom stereocenters. The van der Waals surface area contributed by atoms with Crippen LogP contribution < -0.4 is 11.1 Å². The Balaban J connectivity index is 1.60. The number of carbonyl (C=O) groups excluding carboxylic acids is 1. The second-order valence-corrected chi connectivity index (χ2v) is 5.80. The van der Waals surface area contributed by atoms with E-state index in [0.717, 1.165) is 24.1 Å². The first-order valence-corrected chi connectivity index (χ1v) is 7.80. The number of nitrogens with one attached hydrogen (secondary N) is 1. The van der Waals surface area contributed by atoms with Crippen molar-refractivity contribution in [3.63, 3.8) is 0 Å². The van der Waals surface area contributed by atoms with Gasteiger partial charge in [0.1, 0.15) is 5.82 Å². The van der Waals surface area contributed by atoms with Crippen LogP contribution in [0.4, 0.5) is 20.6 Å². The minimum Gasteiger partial charge on any atom is -0.398 e. The van der Waals surface area contributed by atoms with Gasteiger partial charge in [-0.2, -0.15) is 0 Å². The third-order valence-corrected chi connectivity index (χ3v) is 4.33. The van der Waals surface area contributed by atoms with Crippen molar-refractivity contribution in [2.75, 3.05) is 24.1 Å². The van der Waals surface area contributed by atoms with Gasteiger partial charge in [-0.3, -0.25) is 0 Å². The van der Waals surface area contributed by atoms with Gasteiger partial charge in [-0.15, -0.1) is 0 Å². The lowest BCUT2D eigenvalue weighted by molar-refractivity contribution is 0.194. The van der Waals surface area contributed by atoms with Crippen LogP contribution in [0.15, 0.2) is 48.5 Å². The number of urea groups is 1. The second kappa shape index (κ2) is 6.69. The topological polar surface area (TPSA) is 58.4 Å². The molecule has 1 aliphatic heterocycles. The van der Waals surface area contributed by atoms with Gasteiger partial charge in [-0.05, 0) is 42.5 Å². The zero-order valence-corrected chi connectivity index (χ0v) is 12.8. The molecule has 0 spiro atoms. The summed E-state index contributed by atoms with van der Waals surface area (Å²) in [6.45, 7) is 1.28. The molecule has 0 bridgehead atoms. The Morgan fingerprint density at radius 3 is 2.43 bits per heavy atom. The number of nitrogens with two attached hydrogens (primary N) is 1.